The number of nitrogens with zero attached hydrogens (tertiary/aromatic N) is 2. The number of nitrogens with two attached hydrogens (primary N) is 1. The van der Waals surface area contributed by atoms with Gasteiger partial charge in [0, 0.05) is 15.9 Å². The van der Waals surface area contributed by atoms with Crippen LogP contribution in [0, 0.1) is 0 Å². The molecule has 0 radical (unpaired) electrons. The molecule has 0 fully saturated rings. The molecule has 1 aromatic heterocycles. The van der Waals surface area contributed by atoms with Crippen LogP contribution in [0.1, 0.15) is 11.4 Å². The summed E-state index contributed by atoms with van der Waals surface area (Å²) in [6, 6.07) is 13.1. The normalized spacial score (nSPS) is 10.8. The third kappa shape index (κ3) is 3.09. The van der Waals surface area contributed by atoms with Gasteiger partial charge in [0.2, 0.25) is 0 Å². The van der Waals surface area contributed by atoms with Gasteiger partial charge in [0.15, 0.2) is 5.82 Å². The third-order valence-electron chi connectivity index (χ3n) is 3.03. The molecule has 106 valence electrons. The van der Waals surface area contributed by atoms with Crippen LogP contribution in [0.2, 0.25) is 5.02 Å². The highest BCUT2D eigenvalue weighted by molar-refractivity contribution is 9.10. The topological polar surface area (TPSA) is 64.9 Å². The SMILES string of the molecule is Nc1c(Br)cccc1-c1nc(Cc2ccc(Cl)cc2)no1. The Labute approximate surface area is 135 Å². The van der Waals surface area contributed by atoms with Crippen molar-refractivity contribution in [1.82, 2.24) is 10.1 Å². The first-order valence-corrected chi connectivity index (χ1v) is 7.42. The van der Waals surface area contributed by atoms with Crippen LogP contribution in [-0.4, -0.2) is 10.1 Å². The van der Waals surface area contributed by atoms with Crippen molar-refractivity contribution in [3.05, 3.63) is 63.3 Å². The minimum Gasteiger partial charge on any atom is -0.397 e. The largest absolute Gasteiger partial charge is 0.397 e. The van der Waals surface area contributed by atoms with E-state index < -0.39 is 0 Å². The van der Waals surface area contributed by atoms with Gasteiger partial charge in [-0.3, -0.25) is 0 Å². The van der Waals surface area contributed by atoms with E-state index in [2.05, 4.69) is 26.1 Å². The van der Waals surface area contributed by atoms with Crippen LogP contribution in [0.5, 0.6) is 0 Å². The summed E-state index contributed by atoms with van der Waals surface area (Å²) < 4.78 is 6.10. The van der Waals surface area contributed by atoms with Gasteiger partial charge in [-0.1, -0.05) is 35.0 Å². The number of halogens is 2. The zero-order valence-electron chi connectivity index (χ0n) is 10.9. The number of hydrogen-bond acceptors (Lipinski definition) is 4. The van der Waals surface area contributed by atoms with Gasteiger partial charge in [0.25, 0.3) is 5.89 Å². The molecule has 4 nitrogen and oxygen atoms in total. The fourth-order valence-electron chi connectivity index (χ4n) is 1.94. The fraction of sp³-hybridized carbons (Fsp3) is 0.0667. The van der Waals surface area contributed by atoms with E-state index in [9.17, 15) is 0 Å². The predicted octanol–water partition coefficient (Wildman–Crippen LogP) is 4.33. The van der Waals surface area contributed by atoms with Gasteiger partial charge in [-0.25, -0.2) is 0 Å². The van der Waals surface area contributed by atoms with Crippen LogP contribution in [-0.2, 0) is 6.42 Å². The van der Waals surface area contributed by atoms with Crippen LogP contribution in [0.3, 0.4) is 0 Å². The summed E-state index contributed by atoms with van der Waals surface area (Å²) in [5, 5.41) is 4.69. The monoisotopic (exact) mass is 363 g/mol. The van der Waals surface area contributed by atoms with Crippen molar-refractivity contribution in [3.63, 3.8) is 0 Å². The Morgan fingerprint density at radius 2 is 1.90 bits per heavy atom. The second-order valence-corrected chi connectivity index (χ2v) is 5.81. The summed E-state index contributed by atoms with van der Waals surface area (Å²) >= 11 is 9.25. The average Bonchev–Trinajstić information content (AvgIpc) is 2.93. The summed E-state index contributed by atoms with van der Waals surface area (Å²) in [6.07, 6.45) is 0.578. The minimum atomic E-state index is 0.415. The molecule has 0 spiro atoms. The molecule has 0 unspecified atom stereocenters. The number of anilines is 1. The lowest BCUT2D eigenvalue weighted by Gasteiger charge is -2.01. The molecule has 0 bridgehead atoms. The molecule has 3 aromatic rings. The van der Waals surface area contributed by atoms with E-state index in [1.807, 2.05) is 42.5 Å². The van der Waals surface area contributed by atoms with Crippen molar-refractivity contribution in [2.24, 2.45) is 0 Å². The Kier molecular flexibility index (Phi) is 3.94. The summed E-state index contributed by atoms with van der Waals surface area (Å²) in [4.78, 5) is 4.39. The quantitative estimate of drug-likeness (QED) is 0.703. The molecule has 21 heavy (non-hydrogen) atoms. The lowest BCUT2D eigenvalue weighted by Crippen LogP contribution is -1.93. The van der Waals surface area contributed by atoms with Crippen LogP contribution in [0.25, 0.3) is 11.5 Å². The molecule has 0 saturated carbocycles. The fourth-order valence-corrected chi connectivity index (χ4v) is 2.44. The summed E-state index contributed by atoms with van der Waals surface area (Å²) in [5.41, 5.74) is 8.37. The lowest BCUT2D eigenvalue weighted by molar-refractivity contribution is 0.424. The molecular weight excluding hydrogens is 354 g/mol. The highest BCUT2D eigenvalue weighted by Gasteiger charge is 2.13. The molecule has 0 amide bonds. The Morgan fingerprint density at radius 3 is 2.67 bits per heavy atom. The summed E-state index contributed by atoms with van der Waals surface area (Å²) in [7, 11) is 0. The molecule has 0 aliphatic rings. The maximum atomic E-state index is 6.00. The number of aromatic nitrogens is 2. The molecule has 2 N–H and O–H groups in total. The second kappa shape index (κ2) is 5.87. The molecule has 3 rings (SSSR count). The number of rotatable bonds is 3. The van der Waals surface area contributed by atoms with Gasteiger partial charge in [-0.05, 0) is 45.8 Å². The molecule has 0 aliphatic carbocycles. The first kappa shape index (κ1) is 14.1. The second-order valence-electron chi connectivity index (χ2n) is 4.52. The average molecular weight is 365 g/mol. The minimum absolute atomic E-state index is 0.415. The van der Waals surface area contributed by atoms with E-state index in [1.165, 1.54) is 0 Å². The number of para-hydroxylation sites is 1. The van der Waals surface area contributed by atoms with Gasteiger partial charge in [-0.15, -0.1) is 0 Å². The number of benzene rings is 2. The number of hydrogen-bond donors (Lipinski definition) is 1. The van der Waals surface area contributed by atoms with E-state index >= 15 is 0 Å². The van der Waals surface area contributed by atoms with Crippen molar-refractivity contribution >= 4 is 33.2 Å². The highest BCUT2D eigenvalue weighted by atomic mass is 79.9. The van der Waals surface area contributed by atoms with Gasteiger partial charge >= 0.3 is 0 Å². The van der Waals surface area contributed by atoms with E-state index in [0.29, 0.717) is 28.8 Å². The van der Waals surface area contributed by atoms with Crippen LogP contribution >= 0.6 is 27.5 Å². The Hall–Kier alpha value is -1.85. The van der Waals surface area contributed by atoms with Gasteiger partial charge < -0.3 is 10.3 Å². The molecule has 0 atom stereocenters. The predicted molar refractivity (Wildman–Crippen MR) is 86.1 cm³/mol. The Morgan fingerprint density at radius 1 is 1.14 bits per heavy atom. The summed E-state index contributed by atoms with van der Waals surface area (Å²) in [5.74, 6) is 1.02. The van der Waals surface area contributed by atoms with E-state index in [1.54, 1.807) is 0 Å². The standard InChI is InChI=1S/C15H11BrClN3O/c16-12-3-1-2-11(14(12)18)15-19-13(20-21-15)8-9-4-6-10(17)7-5-9/h1-7H,8,18H2. The van der Waals surface area contributed by atoms with Crippen molar-refractivity contribution in [3.8, 4) is 11.5 Å². The van der Waals surface area contributed by atoms with E-state index in [0.717, 1.165) is 15.6 Å². The first-order valence-electron chi connectivity index (χ1n) is 6.25. The maximum absolute atomic E-state index is 6.00. The molecule has 0 aliphatic heterocycles. The van der Waals surface area contributed by atoms with Crippen molar-refractivity contribution < 1.29 is 4.52 Å². The zero-order chi connectivity index (χ0) is 14.8. The molecular formula is C15H11BrClN3O. The first-order chi connectivity index (χ1) is 10.1. The number of nitrogen functional groups attached to an aromatic ring is 1. The lowest BCUT2D eigenvalue weighted by atomic mass is 10.1. The molecule has 0 saturated heterocycles. The molecule has 1 heterocycles. The smallest absolute Gasteiger partial charge is 0.260 e. The van der Waals surface area contributed by atoms with Gasteiger partial charge in [0.1, 0.15) is 0 Å². The van der Waals surface area contributed by atoms with E-state index in [4.69, 9.17) is 21.9 Å². The third-order valence-corrected chi connectivity index (χ3v) is 3.97. The van der Waals surface area contributed by atoms with Gasteiger partial charge in [0.05, 0.1) is 11.3 Å². The summed E-state index contributed by atoms with van der Waals surface area (Å²) in [6.45, 7) is 0. The van der Waals surface area contributed by atoms with Gasteiger partial charge in [-0.2, -0.15) is 4.98 Å². The molecule has 6 heteroatoms. The van der Waals surface area contributed by atoms with Crippen LogP contribution < -0.4 is 5.73 Å². The van der Waals surface area contributed by atoms with Crippen molar-refractivity contribution in [2.75, 3.05) is 5.73 Å². The van der Waals surface area contributed by atoms with E-state index in [-0.39, 0.29) is 0 Å². The highest BCUT2D eigenvalue weighted by Crippen LogP contribution is 2.30. The maximum Gasteiger partial charge on any atom is 0.260 e. The van der Waals surface area contributed by atoms with Crippen molar-refractivity contribution in [2.45, 2.75) is 6.42 Å². The molecule has 2 aromatic carbocycles. The van der Waals surface area contributed by atoms with Crippen molar-refractivity contribution in [1.29, 1.82) is 0 Å². The zero-order valence-corrected chi connectivity index (χ0v) is 13.2. The van der Waals surface area contributed by atoms with Crippen LogP contribution in [0.15, 0.2) is 51.5 Å². The Balaban J connectivity index is 1.86. The Bertz CT molecular complexity index is 771. The van der Waals surface area contributed by atoms with Crippen LogP contribution in [0.4, 0.5) is 5.69 Å².